The maximum atomic E-state index is 12.1. The number of aliphatic hydroxyl groups is 1. The van der Waals surface area contributed by atoms with Crippen molar-refractivity contribution in [1.82, 2.24) is 0 Å². The quantitative estimate of drug-likeness (QED) is 0.768. The van der Waals surface area contributed by atoms with E-state index >= 15 is 0 Å². The summed E-state index contributed by atoms with van der Waals surface area (Å²) < 4.78 is 7.04. The van der Waals surface area contributed by atoms with E-state index in [9.17, 15) is 9.90 Å². The standard InChI is InChI=1S/C14H24NO3/c1-14(2,3)18-13(17)15-8-11(7-12(15)9-16)10-5-4-6-10/h10-11,16H,4-9H2,1-3H3/q+1. The molecule has 0 aromatic rings. The van der Waals surface area contributed by atoms with Crippen LogP contribution in [0.2, 0.25) is 0 Å². The summed E-state index contributed by atoms with van der Waals surface area (Å²) in [6.07, 6.45) is 4.38. The Kier molecular flexibility index (Phi) is 3.76. The molecule has 1 N–H and O–H groups in total. The summed E-state index contributed by atoms with van der Waals surface area (Å²) in [6, 6.07) is 0. The third-order valence-electron chi connectivity index (χ3n) is 3.91. The van der Waals surface area contributed by atoms with Crippen molar-refractivity contribution in [2.24, 2.45) is 11.8 Å². The largest absolute Gasteiger partial charge is 0.596 e. The first-order valence-corrected chi connectivity index (χ1v) is 6.87. The van der Waals surface area contributed by atoms with Crippen molar-refractivity contribution in [1.29, 1.82) is 0 Å². The molecule has 1 saturated carbocycles. The highest BCUT2D eigenvalue weighted by atomic mass is 16.6. The van der Waals surface area contributed by atoms with Crippen LogP contribution in [0.4, 0.5) is 4.79 Å². The lowest BCUT2D eigenvalue weighted by Crippen LogP contribution is -2.34. The van der Waals surface area contributed by atoms with Crippen LogP contribution in [-0.2, 0) is 4.74 Å². The molecule has 0 radical (unpaired) electrons. The fourth-order valence-corrected chi connectivity index (χ4v) is 2.74. The molecule has 0 aromatic carbocycles. The number of hydrogen-bond donors (Lipinski definition) is 1. The Labute approximate surface area is 109 Å². The van der Waals surface area contributed by atoms with Gasteiger partial charge in [0.15, 0.2) is 12.3 Å². The van der Waals surface area contributed by atoms with E-state index in [0.29, 0.717) is 5.92 Å². The van der Waals surface area contributed by atoms with E-state index in [1.165, 1.54) is 19.3 Å². The lowest BCUT2D eigenvalue weighted by Gasteiger charge is -2.29. The van der Waals surface area contributed by atoms with Crippen molar-refractivity contribution in [3.05, 3.63) is 0 Å². The Morgan fingerprint density at radius 1 is 1.39 bits per heavy atom. The van der Waals surface area contributed by atoms with Crippen molar-refractivity contribution >= 4 is 11.8 Å². The molecule has 2 aliphatic rings. The summed E-state index contributed by atoms with van der Waals surface area (Å²) in [5.74, 6) is 1.26. The van der Waals surface area contributed by atoms with Gasteiger partial charge in [0.2, 0.25) is 0 Å². The minimum Gasteiger partial charge on any atom is -0.406 e. The van der Waals surface area contributed by atoms with Crippen LogP contribution in [0, 0.1) is 11.8 Å². The van der Waals surface area contributed by atoms with Gasteiger partial charge in [-0.05, 0) is 39.5 Å². The van der Waals surface area contributed by atoms with Crippen LogP contribution in [-0.4, -0.2) is 40.2 Å². The highest BCUT2D eigenvalue weighted by molar-refractivity contribution is 5.86. The van der Waals surface area contributed by atoms with E-state index in [0.717, 1.165) is 24.6 Å². The zero-order chi connectivity index (χ0) is 13.3. The molecule has 1 aliphatic heterocycles. The molecule has 1 aliphatic carbocycles. The van der Waals surface area contributed by atoms with Gasteiger partial charge in [-0.15, -0.1) is 4.58 Å². The number of amides is 1. The van der Waals surface area contributed by atoms with Gasteiger partial charge in [-0.3, -0.25) is 0 Å². The average Bonchev–Trinajstić information content (AvgIpc) is 2.56. The molecule has 1 fully saturated rings. The monoisotopic (exact) mass is 254 g/mol. The fraction of sp³-hybridized carbons (Fsp3) is 0.857. The number of hydrogen-bond acceptors (Lipinski definition) is 3. The normalized spacial score (nSPS) is 25.2. The summed E-state index contributed by atoms with van der Waals surface area (Å²) in [5.41, 5.74) is 0.341. The van der Waals surface area contributed by atoms with Gasteiger partial charge in [0, 0.05) is 12.3 Å². The summed E-state index contributed by atoms with van der Waals surface area (Å²) in [6.45, 7) is 6.27. The van der Waals surface area contributed by atoms with Gasteiger partial charge in [-0.2, -0.15) is 4.79 Å². The summed E-state index contributed by atoms with van der Waals surface area (Å²) in [7, 11) is 0. The molecule has 1 amide bonds. The predicted molar refractivity (Wildman–Crippen MR) is 68.9 cm³/mol. The third-order valence-corrected chi connectivity index (χ3v) is 3.91. The second kappa shape index (κ2) is 5.00. The van der Waals surface area contributed by atoms with Crippen LogP contribution >= 0.6 is 0 Å². The first kappa shape index (κ1) is 13.5. The molecule has 4 heteroatoms. The van der Waals surface area contributed by atoms with Crippen LogP contribution < -0.4 is 0 Å². The smallest absolute Gasteiger partial charge is 0.406 e. The number of nitrogens with zero attached hydrogens (tertiary/aromatic N) is 1. The molecular formula is C14H24NO3+. The van der Waals surface area contributed by atoms with E-state index in [2.05, 4.69) is 0 Å². The van der Waals surface area contributed by atoms with E-state index in [4.69, 9.17) is 4.74 Å². The first-order chi connectivity index (χ1) is 8.40. The molecule has 4 nitrogen and oxygen atoms in total. The summed E-state index contributed by atoms with van der Waals surface area (Å²) in [4.78, 5) is 12.1. The summed E-state index contributed by atoms with van der Waals surface area (Å²) in [5, 5.41) is 9.39. The maximum Gasteiger partial charge on any atom is 0.596 e. The van der Waals surface area contributed by atoms with E-state index < -0.39 is 5.60 Å². The molecular weight excluding hydrogens is 230 g/mol. The lowest BCUT2D eigenvalue weighted by atomic mass is 9.75. The minimum absolute atomic E-state index is 0.0392. The van der Waals surface area contributed by atoms with Crippen LogP contribution in [0.3, 0.4) is 0 Å². The van der Waals surface area contributed by atoms with Gasteiger partial charge < -0.3 is 9.84 Å². The van der Waals surface area contributed by atoms with Crippen molar-refractivity contribution in [2.75, 3.05) is 13.2 Å². The molecule has 102 valence electrons. The maximum absolute atomic E-state index is 12.1. The van der Waals surface area contributed by atoms with Crippen molar-refractivity contribution in [2.45, 2.75) is 52.1 Å². The van der Waals surface area contributed by atoms with Crippen molar-refractivity contribution in [3.8, 4) is 0 Å². The highest BCUT2D eigenvalue weighted by Gasteiger charge is 2.42. The minimum atomic E-state index is -0.480. The topological polar surface area (TPSA) is 49.5 Å². The average molecular weight is 254 g/mol. The zero-order valence-electron chi connectivity index (χ0n) is 11.6. The van der Waals surface area contributed by atoms with Crippen LogP contribution in [0.5, 0.6) is 0 Å². The summed E-state index contributed by atoms with van der Waals surface area (Å²) >= 11 is 0. The Morgan fingerprint density at radius 2 is 2.06 bits per heavy atom. The second-order valence-electron chi connectivity index (χ2n) is 6.47. The second-order valence-corrected chi connectivity index (χ2v) is 6.47. The lowest BCUT2D eigenvalue weighted by molar-refractivity contribution is -0.451. The number of carbonyl (C=O) groups is 1. The van der Waals surface area contributed by atoms with Gasteiger partial charge in [-0.25, -0.2) is 0 Å². The fourth-order valence-electron chi connectivity index (χ4n) is 2.74. The Balaban J connectivity index is 2.02. The number of aliphatic hydroxyl groups excluding tert-OH is 1. The number of ether oxygens (including phenoxy) is 1. The molecule has 2 rings (SSSR count). The zero-order valence-corrected chi connectivity index (χ0v) is 11.6. The Bertz CT molecular complexity index is 364. The predicted octanol–water partition coefficient (Wildman–Crippen LogP) is 2.19. The van der Waals surface area contributed by atoms with Gasteiger partial charge in [-0.1, -0.05) is 6.42 Å². The van der Waals surface area contributed by atoms with Crippen molar-refractivity contribution < 1.29 is 19.2 Å². The molecule has 1 unspecified atom stereocenters. The van der Waals surface area contributed by atoms with E-state index in [-0.39, 0.29) is 12.7 Å². The molecule has 18 heavy (non-hydrogen) atoms. The van der Waals surface area contributed by atoms with Gasteiger partial charge in [0.25, 0.3) is 0 Å². The van der Waals surface area contributed by atoms with Crippen molar-refractivity contribution in [3.63, 3.8) is 0 Å². The van der Waals surface area contributed by atoms with Crippen LogP contribution in [0.15, 0.2) is 0 Å². The third kappa shape index (κ3) is 2.91. The Hall–Kier alpha value is -0.900. The van der Waals surface area contributed by atoms with E-state index in [1.807, 2.05) is 20.8 Å². The molecule has 1 heterocycles. The van der Waals surface area contributed by atoms with Crippen LogP contribution in [0.1, 0.15) is 46.5 Å². The molecule has 0 saturated heterocycles. The molecule has 0 spiro atoms. The molecule has 0 bridgehead atoms. The SMILES string of the molecule is CC(C)(C)OC(=O)[N+]1=C(CO)CC(C2CCC2)C1. The van der Waals surface area contributed by atoms with Gasteiger partial charge in [0.05, 0.1) is 0 Å². The van der Waals surface area contributed by atoms with Gasteiger partial charge in [0.1, 0.15) is 12.2 Å². The van der Waals surface area contributed by atoms with Gasteiger partial charge >= 0.3 is 6.09 Å². The van der Waals surface area contributed by atoms with E-state index in [1.54, 1.807) is 4.58 Å². The number of carbonyl (C=O) groups excluding carboxylic acids is 1. The Morgan fingerprint density at radius 3 is 2.50 bits per heavy atom. The highest BCUT2D eigenvalue weighted by Crippen LogP contribution is 2.37. The molecule has 1 atom stereocenters. The molecule has 0 aromatic heterocycles. The number of rotatable bonds is 2. The first-order valence-electron chi connectivity index (χ1n) is 6.87. The van der Waals surface area contributed by atoms with Crippen LogP contribution in [0.25, 0.3) is 0 Å².